The molecule has 24 heavy (non-hydrogen) atoms. The minimum Gasteiger partial charge on any atom is -0.491 e. The first-order valence-corrected chi connectivity index (χ1v) is 8.10. The summed E-state index contributed by atoms with van der Waals surface area (Å²) in [6, 6.07) is 13.9. The summed E-state index contributed by atoms with van der Waals surface area (Å²) in [5, 5.41) is 2.82. The molecule has 0 aliphatic heterocycles. The molecule has 0 atom stereocenters. The summed E-state index contributed by atoms with van der Waals surface area (Å²) < 4.78 is 18.6. The van der Waals surface area contributed by atoms with E-state index >= 15 is 0 Å². The highest BCUT2D eigenvalue weighted by molar-refractivity contribution is 5.78. The fourth-order valence-electron chi connectivity index (χ4n) is 2.41. The van der Waals surface area contributed by atoms with Gasteiger partial charge in [-0.2, -0.15) is 0 Å². The molecule has 128 valence electrons. The van der Waals surface area contributed by atoms with Gasteiger partial charge in [0.05, 0.1) is 13.0 Å². The van der Waals surface area contributed by atoms with Gasteiger partial charge in [0.1, 0.15) is 18.2 Å². The van der Waals surface area contributed by atoms with Gasteiger partial charge >= 0.3 is 0 Å². The molecule has 1 N–H and O–H groups in total. The Morgan fingerprint density at radius 1 is 1.08 bits per heavy atom. The second-order valence-electron chi connectivity index (χ2n) is 6.75. The van der Waals surface area contributed by atoms with Crippen LogP contribution in [0.5, 0.6) is 5.75 Å². The number of para-hydroxylation sites is 1. The number of benzene rings is 2. The zero-order valence-electron chi connectivity index (χ0n) is 14.4. The van der Waals surface area contributed by atoms with E-state index in [1.54, 1.807) is 12.1 Å². The number of halogens is 1. The number of hydrogen-bond donors (Lipinski definition) is 1. The van der Waals surface area contributed by atoms with Gasteiger partial charge in [0, 0.05) is 0 Å². The Kier molecular flexibility index (Phi) is 5.96. The molecule has 0 spiro atoms. The van der Waals surface area contributed by atoms with Gasteiger partial charge in [0.2, 0.25) is 5.91 Å². The lowest BCUT2D eigenvalue weighted by molar-refractivity contribution is -0.120. The maximum absolute atomic E-state index is 12.8. The lowest BCUT2D eigenvalue weighted by atomic mass is 9.86. The molecule has 0 aliphatic rings. The monoisotopic (exact) mass is 329 g/mol. The molecular formula is C20H24FNO2. The highest BCUT2D eigenvalue weighted by Crippen LogP contribution is 2.30. The van der Waals surface area contributed by atoms with E-state index in [1.165, 1.54) is 12.1 Å². The van der Waals surface area contributed by atoms with Crippen molar-refractivity contribution in [1.29, 1.82) is 0 Å². The van der Waals surface area contributed by atoms with Crippen molar-refractivity contribution in [2.75, 3.05) is 13.2 Å². The molecule has 0 saturated heterocycles. The van der Waals surface area contributed by atoms with Crippen LogP contribution in [0.15, 0.2) is 48.5 Å². The molecule has 4 heteroatoms. The largest absolute Gasteiger partial charge is 0.491 e. The van der Waals surface area contributed by atoms with E-state index in [9.17, 15) is 9.18 Å². The summed E-state index contributed by atoms with van der Waals surface area (Å²) in [6.07, 6.45) is 0.235. The van der Waals surface area contributed by atoms with Gasteiger partial charge < -0.3 is 10.1 Å². The normalized spacial score (nSPS) is 11.2. The van der Waals surface area contributed by atoms with E-state index in [4.69, 9.17) is 4.74 Å². The van der Waals surface area contributed by atoms with Crippen LogP contribution in [0.3, 0.4) is 0 Å². The highest BCUT2D eigenvalue weighted by atomic mass is 19.1. The predicted molar refractivity (Wildman–Crippen MR) is 93.8 cm³/mol. The molecule has 2 rings (SSSR count). The lowest BCUT2D eigenvalue weighted by Gasteiger charge is -2.22. The first kappa shape index (κ1) is 18.0. The number of rotatable bonds is 6. The zero-order valence-corrected chi connectivity index (χ0v) is 14.4. The number of hydrogen-bond acceptors (Lipinski definition) is 2. The summed E-state index contributed by atoms with van der Waals surface area (Å²) in [5.74, 6) is 0.442. The van der Waals surface area contributed by atoms with E-state index in [-0.39, 0.29) is 23.6 Å². The fourth-order valence-corrected chi connectivity index (χ4v) is 2.41. The van der Waals surface area contributed by atoms with Crippen molar-refractivity contribution >= 4 is 5.91 Å². The summed E-state index contributed by atoms with van der Waals surface area (Å²) in [5.41, 5.74) is 1.93. The van der Waals surface area contributed by atoms with Crippen molar-refractivity contribution in [3.63, 3.8) is 0 Å². The molecule has 1 amide bonds. The molecule has 2 aromatic rings. The van der Waals surface area contributed by atoms with Crippen LogP contribution >= 0.6 is 0 Å². The Balaban J connectivity index is 1.79. The quantitative estimate of drug-likeness (QED) is 0.817. The molecule has 0 unspecified atom stereocenters. The molecule has 3 nitrogen and oxygen atoms in total. The van der Waals surface area contributed by atoms with Gasteiger partial charge in [0.15, 0.2) is 0 Å². The van der Waals surface area contributed by atoms with Crippen molar-refractivity contribution < 1.29 is 13.9 Å². The van der Waals surface area contributed by atoms with Crippen LogP contribution < -0.4 is 10.1 Å². The molecule has 2 aromatic carbocycles. The number of ether oxygens (including phenoxy) is 1. The second-order valence-corrected chi connectivity index (χ2v) is 6.75. The highest BCUT2D eigenvalue weighted by Gasteiger charge is 2.18. The average molecular weight is 329 g/mol. The molecule has 0 fully saturated rings. The maximum Gasteiger partial charge on any atom is 0.224 e. The summed E-state index contributed by atoms with van der Waals surface area (Å²) >= 11 is 0. The second kappa shape index (κ2) is 7.95. The summed E-state index contributed by atoms with van der Waals surface area (Å²) in [6.45, 7) is 7.25. The van der Waals surface area contributed by atoms with Crippen LogP contribution in [0, 0.1) is 5.82 Å². The van der Waals surface area contributed by atoms with Crippen LogP contribution in [0.2, 0.25) is 0 Å². The van der Waals surface area contributed by atoms with Gasteiger partial charge in [-0.3, -0.25) is 4.79 Å². The van der Waals surface area contributed by atoms with Crippen molar-refractivity contribution in [3.05, 3.63) is 65.5 Å². The third-order valence-electron chi connectivity index (χ3n) is 3.65. The Bertz CT molecular complexity index is 675. The third-order valence-corrected chi connectivity index (χ3v) is 3.65. The Hall–Kier alpha value is -2.36. The number of carbonyl (C=O) groups excluding carboxylic acids is 1. The molecule has 0 aliphatic carbocycles. The Labute approximate surface area is 142 Å². The predicted octanol–water partition coefficient (Wildman–Crippen LogP) is 3.86. The smallest absolute Gasteiger partial charge is 0.224 e. The molecule has 0 bridgehead atoms. The van der Waals surface area contributed by atoms with Gasteiger partial charge in [-0.1, -0.05) is 51.1 Å². The molecule has 0 radical (unpaired) electrons. The minimum atomic E-state index is -0.301. The first-order chi connectivity index (χ1) is 11.4. The van der Waals surface area contributed by atoms with Crippen LogP contribution in [0.4, 0.5) is 4.39 Å². The van der Waals surface area contributed by atoms with Crippen LogP contribution in [0.1, 0.15) is 31.9 Å². The summed E-state index contributed by atoms with van der Waals surface area (Å²) in [7, 11) is 0. The van der Waals surface area contributed by atoms with Crippen molar-refractivity contribution in [3.8, 4) is 5.75 Å². The van der Waals surface area contributed by atoms with Crippen molar-refractivity contribution in [2.24, 2.45) is 0 Å². The first-order valence-electron chi connectivity index (χ1n) is 8.10. The Morgan fingerprint density at radius 3 is 2.42 bits per heavy atom. The van der Waals surface area contributed by atoms with E-state index in [0.29, 0.717) is 13.2 Å². The van der Waals surface area contributed by atoms with Crippen LogP contribution in [-0.2, 0) is 16.6 Å². The van der Waals surface area contributed by atoms with Gasteiger partial charge in [-0.05, 0) is 34.7 Å². The van der Waals surface area contributed by atoms with Crippen molar-refractivity contribution in [1.82, 2.24) is 5.32 Å². The fraction of sp³-hybridized carbons (Fsp3) is 0.350. The molecule has 0 saturated carbocycles. The van der Waals surface area contributed by atoms with E-state index in [2.05, 4.69) is 32.2 Å². The lowest BCUT2D eigenvalue weighted by Crippen LogP contribution is -2.29. The van der Waals surface area contributed by atoms with Gasteiger partial charge in [-0.25, -0.2) is 4.39 Å². The van der Waals surface area contributed by atoms with Gasteiger partial charge in [-0.15, -0.1) is 0 Å². The molecular weight excluding hydrogens is 305 g/mol. The summed E-state index contributed by atoms with van der Waals surface area (Å²) in [4.78, 5) is 11.9. The van der Waals surface area contributed by atoms with Crippen molar-refractivity contribution in [2.45, 2.75) is 32.6 Å². The maximum atomic E-state index is 12.8. The Morgan fingerprint density at radius 2 is 1.75 bits per heavy atom. The van der Waals surface area contributed by atoms with Gasteiger partial charge in [0.25, 0.3) is 0 Å². The number of amides is 1. The number of nitrogens with one attached hydrogen (secondary N) is 1. The van der Waals surface area contributed by atoms with E-state index < -0.39 is 0 Å². The third kappa shape index (κ3) is 5.37. The van der Waals surface area contributed by atoms with E-state index in [0.717, 1.165) is 16.9 Å². The van der Waals surface area contributed by atoms with Crippen LogP contribution in [0.25, 0.3) is 0 Å². The number of carbonyl (C=O) groups is 1. The average Bonchev–Trinajstić information content (AvgIpc) is 2.53. The van der Waals surface area contributed by atoms with Crippen LogP contribution in [-0.4, -0.2) is 19.1 Å². The minimum absolute atomic E-state index is 0.00241. The molecule has 0 aromatic heterocycles. The topological polar surface area (TPSA) is 38.3 Å². The zero-order chi connectivity index (χ0) is 17.6. The standard InChI is InChI=1S/C20H24FNO2/c1-20(2,3)17-6-4-5-7-18(17)24-13-12-22-19(23)14-15-8-10-16(21)11-9-15/h4-11H,12-14H2,1-3H3,(H,22,23). The SMILES string of the molecule is CC(C)(C)c1ccccc1OCCNC(=O)Cc1ccc(F)cc1. The van der Waals surface area contributed by atoms with E-state index in [1.807, 2.05) is 18.2 Å². The molecule has 0 heterocycles.